The minimum absolute atomic E-state index is 0. The second kappa shape index (κ2) is 9.24. The van der Waals surface area contributed by atoms with Gasteiger partial charge in [0.2, 0.25) is 0 Å². The quantitative estimate of drug-likeness (QED) is 0.647. The van der Waals surface area contributed by atoms with Crippen LogP contribution in [0.1, 0.15) is 27.9 Å². The summed E-state index contributed by atoms with van der Waals surface area (Å²) >= 11 is 6.56. The number of ether oxygens (including phenoxy) is 2. The fourth-order valence-corrected chi connectivity index (χ4v) is 5.71. The van der Waals surface area contributed by atoms with E-state index in [-0.39, 0.29) is 34.4 Å². The van der Waals surface area contributed by atoms with Gasteiger partial charge in [-0.2, -0.15) is 0 Å². The van der Waals surface area contributed by atoms with Crippen molar-refractivity contribution in [3.63, 3.8) is 0 Å². The van der Waals surface area contributed by atoms with Crippen molar-refractivity contribution in [2.45, 2.75) is 24.0 Å². The summed E-state index contributed by atoms with van der Waals surface area (Å²) in [6, 6.07) is 6.52. The molecule has 1 saturated heterocycles. The maximum Gasteiger partial charge on any atom is 0.337 e. The van der Waals surface area contributed by atoms with E-state index in [4.69, 9.17) is 21.1 Å². The van der Waals surface area contributed by atoms with Crippen molar-refractivity contribution >= 4 is 45.5 Å². The van der Waals surface area contributed by atoms with E-state index >= 15 is 0 Å². The van der Waals surface area contributed by atoms with Gasteiger partial charge in [-0.25, -0.2) is 13.2 Å². The summed E-state index contributed by atoms with van der Waals surface area (Å²) < 4.78 is 37.2. The van der Waals surface area contributed by atoms with Crippen molar-refractivity contribution in [3.8, 4) is 11.5 Å². The minimum atomic E-state index is -3.77. The summed E-state index contributed by atoms with van der Waals surface area (Å²) in [6.45, 7) is 5.16. The van der Waals surface area contributed by atoms with Crippen LogP contribution in [0, 0.1) is 6.92 Å². The van der Waals surface area contributed by atoms with Crippen molar-refractivity contribution in [3.05, 3.63) is 46.0 Å². The number of benzene rings is 2. The number of methoxy groups -OCH3 is 1. The second-order valence-corrected chi connectivity index (χ2v) is 9.84. The van der Waals surface area contributed by atoms with Gasteiger partial charge in [-0.3, -0.25) is 0 Å². The maximum atomic E-state index is 13.2. The molecular formula is C21H24Cl2N2O5S. The van der Waals surface area contributed by atoms with Gasteiger partial charge in [-0.15, -0.1) is 12.4 Å². The highest BCUT2D eigenvalue weighted by Gasteiger charge is 2.31. The third-order valence-electron chi connectivity index (χ3n) is 5.36. The highest BCUT2D eigenvalue weighted by molar-refractivity contribution is 7.90. The first-order chi connectivity index (χ1) is 14.3. The monoisotopic (exact) mass is 486 g/mol. The molecule has 0 radical (unpaired) electrons. The van der Waals surface area contributed by atoms with Gasteiger partial charge >= 0.3 is 5.97 Å². The Balaban J connectivity index is 0.00000272. The lowest BCUT2D eigenvalue weighted by Gasteiger charge is -2.24. The fraction of sp³-hybridized carbons (Fsp3) is 0.381. The molecule has 10 heteroatoms. The lowest BCUT2D eigenvalue weighted by molar-refractivity contribution is 0.0600. The highest BCUT2D eigenvalue weighted by Crippen LogP contribution is 2.45. The first-order valence-corrected chi connectivity index (χ1v) is 11.7. The number of hydrogen-bond acceptors (Lipinski definition) is 7. The molecule has 0 spiro atoms. The molecule has 7 nitrogen and oxygen atoms in total. The number of sulfone groups is 1. The van der Waals surface area contributed by atoms with Crippen LogP contribution in [0.5, 0.6) is 11.5 Å². The first kappa shape index (κ1) is 23.7. The molecule has 0 saturated carbocycles. The molecule has 2 aromatic carbocycles. The first-order valence-electron chi connectivity index (χ1n) is 9.72. The SMILES string of the molecule is COC(=O)c1cc(C)c2c(c1)S(=O)(=O)Cc1cc(N3CCCNCC3)cc(Cl)c1O2.Cl. The van der Waals surface area contributed by atoms with Crippen LogP contribution in [-0.4, -0.2) is 47.7 Å². The number of carbonyl (C=O) groups excluding carboxylic acids is 1. The number of fused-ring (bicyclic) bond motifs is 2. The number of anilines is 1. The number of nitrogens with one attached hydrogen (secondary N) is 1. The van der Waals surface area contributed by atoms with Crippen molar-refractivity contribution in [2.75, 3.05) is 38.2 Å². The smallest absolute Gasteiger partial charge is 0.337 e. The molecule has 1 N–H and O–H groups in total. The van der Waals surface area contributed by atoms with E-state index in [2.05, 4.69) is 10.2 Å². The Kier molecular flexibility index (Phi) is 7.05. The molecule has 0 aliphatic carbocycles. The van der Waals surface area contributed by atoms with Gasteiger partial charge in [-0.1, -0.05) is 11.6 Å². The molecule has 2 aliphatic heterocycles. The molecule has 1 fully saturated rings. The lowest BCUT2D eigenvalue weighted by Crippen LogP contribution is -2.27. The summed E-state index contributed by atoms with van der Waals surface area (Å²) in [4.78, 5) is 14.1. The normalized spacial score (nSPS) is 17.2. The Bertz CT molecular complexity index is 1110. The van der Waals surface area contributed by atoms with Gasteiger partial charge in [0.15, 0.2) is 9.84 Å². The number of aryl methyl sites for hydroxylation is 1. The number of halogens is 2. The third-order valence-corrected chi connectivity index (χ3v) is 7.30. The van der Waals surface area contributed by atoms with Crippen LogP contribution in [0.2, 0.25) is 5.02 Å². The average molecular weight is 487 g/mol. The third kappa shape index (κ3) is 4.62. The van der Waals surface area contributed by atoms with Gasteiger partial charge in [0.05, 0.1) is 23.4 Å². The van der Waals surface area contributed by atoms with Crippen LogP contribution >= 0.6 is 24.0 Å². The number of nitrogens with zero attached hydrogens (tertiary/aromatic N) is 1. The predicted molar refractivity (Wildman–Crippen MR) is 122 cm³/mol. The van der Waals surface area contributed by atoms with Gasteiger partial charge in [0, 0.05) is 30.9 Å². The van der Waals surface area contributed by atoms with E-state index < -0.39 is 15.8 Å². The molecule has 4 rings (SSSR count). The molecule has 168 valence electrons. The maximum absolute atomic E-state index is 13.2. The van der Waals surface area contributed by atoms with E-state index in [0.717, 1.165) is 38.3 Å². The van der Waals surface area contributed by atoms with Crippen LogP contribution in [0.25, 0.3) is 0 Å². The Labute approximate surface area is 193 Å². The Morgan fingerprint density at radius 2 is 1.94 bits per heavy atom. The van der Waals surface area contributed by atoms with Crippen molar-refractivity contribution < 1.29 is 22.7 Å². The fourth-order valence-electron chi connectivity index (χ4n) is 3.87. The van der Waals surface area contributed by atoms with Crippen molar-refractivity contribution in [2.24, 2.45) is 0 Å². The molecule has 2 aliphatic rings. The average Bonchev–Trinajstić information content (AvgIpc) is 3.04. The van der Waals surface area contributed by atoms with E-state index in [1.54, 1.807) is 13.0 Å². The minimum Gasteiger partial charge on any atom is -0.465 e. The van der Waals surface area contributed by atoms with Gasteiger partial charge in [0.25, 0.3) is 0 Å². The van der Waals surface area contributed by atoms with E-state index in [0.29, 0.717) is 21.9 Å². The van der Waals surface area contributed by atoms with Gasteiger partial charge in [-0.05, 0) is 49.7 Å². The molecule has 2 aromatic rings. The number of esters is 1. The van der Waals surface area contributed by atoms with Crippen LogP contribution in [0.15, 0.2) is 29.2 Å². The van der Waals surface area contributed by atoms with E-state index in [1.165, 1.54) is 13.2 Å². The Hall–Kier alpha value is -2.00. The molecule has 31 heavy (non-hydrogen) atoms. The summed E-state index contributed by atoms with van der Waals surface area (Å²) in [5.41, 5.74) is 2.06. The van der Waals surface area contributed by atoms with Crippen LogP contribution in [0.4, 0.5) is 5.69 Å². The van der Waals surface area contributed by atoms with Crippen molar-refractivity contribution in [1.82, 2.24) is 5.32 Å². The number of rotatable bonds is 2. The van der Waals surface area contributed by atoms with Crippen LogP contribution < -0.4 is 15.0 Å². The van der Waals surface area contributed by atoms with Crippen LogP contribution in [-0.2, 0) is 20.3 Å². The second-order valence-electron chi connectivity index (χ2n) is 7.48. The zero-order valence-electron chi connectivity index (χ0n) is 17.2. The molecule has 2 heterocycles. The molecule has 0 unspecified atom stereocenters. The van der Waals surface area contributed by atoms with Crippen LogP contribution in [0.3, 0.4) is 0 Å². The van der Waals surface area contributed by atoms with Crippen molar-refractivity contribution in [1.29, 1.82) is 0 Å². The standard InChI is InChI=1S/C21H23ClN2O5S.ClH/c1-13-8-14(21(25)28-2)10-18-19(13)29-20-15(12-30(18,26)27)9-16(11-17(20)22)24-6-3-4-23-5-7-24;/h8-11,23H,3-7,12H2,1-2H3;1H. The Morgan fingerprint density at radius 3 is 2.68 bits per heavy atom. The zero-order chi connectivity index (χ0) is 21.5. The van der Waals surface area contributed by atoms with Gasteiger partial charge in [0.1, 0.15) is 16.4 Å². The molecular weight excluding hydrogens is 463 g/mol. The summed E-state index contributed by atoms with van der Waals surface area (Å²) in [5, 5.41) is 3.71. The summed E-state index contributed by atoms with van der Waals surface area (Å²) in [7, 11) is -2.52. The largest absolute Gasteiger partial charge is 0.465 e. The summed E-state index contributed by atoms with van der Waals surface area (Å²) in [5.74, 6) is -0.341. The van der Waals surface area contributed by atoms with Gasteiger partial charge < -0.3 is 19.7 Å². The topological polar surface area (TPSA) is 84.9 Å². The number of carbonyl (C=O) groups is 1. The Morgan fingerprint density at radius 1 is 1.16 bits per heavy atom. The highest BCUT2D eigenvalue weighted by atomic mass is 35.5. The summed E-state index contributed by atoms with van der Waals surface area (Å²) in [6.07, 6.45) is 0.991. The predicted octanol–water partition coefficient (Wildman–Crippen LogP) is 3.74. The zero-order valence-corrected chi connectivity index (χ0v) is 19.6. The lowest BCUT2D eigenvalue weighted by atomic mass is 10.1. The molecule has 0 bridgehead atoms. The molecule has 0 atom stereocenters. The molecule has 0 amide bonds. The van der Waals surface area contributed by atoms with E-state index in [9.17, 15) is 13.2 Å². The number of hydrogen-bond donors (Lipinski definition) is 1. The molecule has 0 aromatic heterocycles. The van der Waals surface area contributed by atoms with E-state index in [1.807, 2.05) is 12.1 Å².